The highest BCUT2D eigenvalue weighted by atomic mass is 32.1. The molecule has 3 rings (SSSR count). The average Bonchev–Trinajstić information content (AvgIpc) is 2.88. The van der Waals surface area contributed by atoms with E-state index in [1.165, 1.54) is 27.9 Å². The second-order valence-corrected chi connectivity index (χ2v) is 5.34. The topological polar surface area (TPSA) is 80.6 Å². The normalized spacial score (nSPS) is 11.1. The zero-order valence-electron chi connectivity index (χ0n) is 10.4. The summed E-state index contributed by atoms with van der Waals surface area (Å²) in [6, 6.07) is 4.50. The zero-order chi connectivity index (χ0) is 14.4. The number of aromatic nitrogens is 2. The fourth-order valence-corrected chi connectivity index (χ4v) is 3.05. The Morgan fingerprint density at radius 1 is 1.50 bits per heavy atom. The summed E-state index contributed by atoms with van der Waals surface area (Å²) in [5.41, 5.74) is 6.74. The smallest absolute Gasteiger partial charge is 0.354 e. The molecule has 0 atom stereocenters. The molecule has 0 aliphatic heterocycles. The molecule has 1 aromatic carbocycles. The lowest BCUT2D eigenvalue weighted by atomic mass is 10.2. The molecule has 5 nitrogen and oxygen atoms in total. The van der Waals surface area contributed by atoms with Crippen molar-refractivity contribution in [3.63, 3.8) is 0 Å². The van der Waals surface area contributed by atoms with Crippen LogP contribution in [0.5, 0.6) is 0 Å². The third-order valence-electron chi connectivity index (χ3n) is 2.99. The van der Waals surface area contributed by atoms with Gasteiger partial charge in [-0.15, -0.1) is 0 Å². The number of hydrogen-bond donors (Lipinski definition) is 2. The summed E-state index contributed by atoms with van der Waals surface area (Å²) in [6.07, 6.45) is 1.65. The van der Waals surface area contributed by atoms with Gasteiger partial charge in [0.2, 0.25) is 0 Å². The van der Waals surface area contributed by atoms with Crippen molar-refractivity contribution in [3.8, 4) is 10.4 Å². The molecule has 0 aliphatic carbocycles. The number of hydrogen-bond acceptors (Lipinski definition) is 4. The Morgan fingerprint density at radius 3 is 2.90 bits per heavy atom. The van der Waals surface area contributed by atoms with Crippen LogP contribution in [0.15, 0.2) is 24.4 Å². The van der Waals surface area contributed by atoms with E-state index < -0.39 is 11.8 Å². The van der Waals surface area contributed by atoms with E-state index >= 15 is 0 Å². The van der Waals surface area contributed by atoms with Gasteiger partial charge in [-0.2, -0.15) is 0 Å². The van der Waals surface area contributed by atoms with Crippen molar-refractivity contribution in [1.29, 1.82) is 0 Å². The number of aromatic carboxylic acids is 1. The van der Waals surface area contributed by atoms with Gasteiger partial charge in [0.25, 0.3) is 0 Å². The van der Waals surface area contributed by atoms with E-state index in [9.17, 15) is 14.3 Å². The molecule has 0 radical (unpaired) electrons. The van der Waals surface area contributed by atoms with Gasteiger partial charge in [0.1, 0.15) is 5.82 Å². The van der Waals surface area contributed by atoms with Crippen molar-refractivity contribution in [2.45, 2.75) is 6.92 Å². The van der Waals surface area contributed by atoms with Crippen molar-refractivity contribution >= 4 is 28.0 Å². The maximum atomic E-state index is 13.5. The summed E-state index contributed by atoms with van der Waals surface area (Å²) < 4.78 is 15.0. The van der Waals surface area contributed by atoms with Gasteiger partial charge in [-0.3, -0.25) is 4.40 Å². The minimum absolute atomic E-state index is 0.0807. The maximum Gasteiger partial charge on any atom is 0.354 e. The highest BCUT2D eigenvalue weighted by molar-refractivity contribution is 7.20. The summed E-state index contributed by atoms with van der Waals surface area (Å²) in [5.74, 6) is -1.54. The van der Waals surface area contributed by atoms with Gasteiger partial charge in [0, 0.05) is 6.20 Å². The first-order valence-corrected chi connectivity index (χ1v) is 6.56. The number of nitrogens with two attached hydrogens (primary N) is 1. The first-order chi connectivity index (χ1) is 9.47. The number of fused-ring (bicyclic) bond motifs is 1. The largest absolute Gasteiger partial charge is 0.477 e. The summed E-state index contributed by atoms with van der Waals surface area (Å²) in [4.78, 5) is 16.7. The molecule has 0 amide bonds. The lowest BCUT2D eigenvalue weighted by Crippen LogP contribution is -2.02. The SMILES string of the molecule is Cc1nc2sc(-c3ccc(N)c(F)c3)cn2c1C(=O)O. The van der Waals surface area contributed by atoms with Gasteiger partial charge in [0.15, 0.2) is 10.7 Å². The number of halogens is 1. The van der Waals surface area contributed by atoms with E-state index in [2.05, 4.69) is 4.98 Å². The van der Waals surface area contributed by atoms with Crippen LogP contribution in [-0.2, 0) is 0 Å². The van der Waals surface area contributed by atoms with E-state index in [0.717, 1.165) is 4.88 Å². The second-order valence-electron chi connectivity index (χ2n) is 4.34. The molecule has 3 N–H and O–H groups in total. The number of benzene rings is 1. The van der Waals surface area contributed by atoms with Crippen LogP contribution in [0, 0.1) is 12.7 Å². The van der Waals surface area contributed by atoms with Gasteiger partial charge < -0.3 is 10.8 Å². The van der Waals surface area contributed by atoms with Crippen LogP contribution in [0.2, 0.25) is 0 Å². The fraction of sp³-hybridized carbons (Fsp3) is 0.0769. The van der Waals surface area contributed by atoms with Crippen molar-refractivity contribution in [2.24, 2.45) is 0 Å². The highest BCUT2D eigenvalue weighted by Gasteiger charge is 2.18. The molecule has 2 heterocycles. The number of thiazole rings is 1. The number of imidazole rings is 1. The second kappa shape index (κ2) is 4.31. The molecule has 0 saturated heterocycles. The molecule has 102 valence electrons. The van der Waals surface area contributed by atoms with E-state index in [-0.39, 0.29) is 11.4 Å². The standard InChI is InChI=1S/C13H10FN3O2S/c1-6-11(12(18)19)17-5-10(20-13(17)16-6)7-2-3-9(15)8(14)4-7/h2-5H,15H2,1H3,(H,18,19). The lowest BCUT2D eigenvalue weighted by Gasteiger charge is -2.00. The quantitative estimate of drug-likeness (QED) is 0.711. The molecule has 2 aromatic heterocycles. The fourth-order valence-electron chi connectivity index (χ4n) is 2.03. The Kier molecular flexibility index (Phi) is 2.72. The summed E-state index contributed by atoms with van der Waals surface area (Å²) >= 11 is 1.30. The molecule has 3 aromatic rings. The lowest BCUT2D eigenvalue weighted by molar-refractivity contribution is 0.0688. The number of aryl methyl sites for hydroxylation is 1. The number of anilines is 1. The molecule has 0 bridgehead atoms. The molecule has 0 aliphatic rings. The Bertz CT molecular complexity index is 838. The molecular weight excluding hydrogens is 281 g/mol. The third-order valence-corrected chi connectivity index (χ3v) is 4.02. The molecule has 0 fully saturated rings. The Labute approximate surface area is 117 Å². The van der Waals surface area contributed by atoms with Crippen LogP contribution < -0.4 is 5.73 Å². The maximum absolute atomic E-state index is 13.5. The van der Waals surface area contributed by atoms with E-state index in [0.29, 0.717) is 16.2 Å². The van der Waals surface area contributed by atoms with E-state index in [4.69, 9.17) is 5.73 Å². The van der Waals surface area contributed by atoms with Crippen molar-refractivity contribution < 1.29 is 14.3 Å². The molecule has 0 spiro atoms. The van der Waals surface area contributed by atoms with E-state index in [1.807, 2.05) is 0 Å². The predicted octanol–water partition coefficient (Wildman–Crippen LogP) is 2.79. The van der Waals surface area contributed by atoms with Gasteiger partial charge in [-0.25, -0.2) is 14.2 Å². The molecule has 20 heavy (non-hydrogen) atoms. The minimum Gasteiger partial charge on any atom is -0.477 e. The van der Waals surface area contributed by atoms with Gasteiger partial charge in [0.05, 0.1) is 16.3 Å². The van der Waals surface area contributed by atoms with Crippen LogP contribution >= 0.6 is 11.3 Å². The highest BCUT2D eigenvalue weighted by Crippen LogP contribution is 2.31. The van der Waals surface area contributed by atoms with Crippen molar-refractivity contribution in [1.82, 2.24) is 9.38 Å². The van der Waals surface area contributed by atoms with Crippen LogP contribution in [0.4, 0.5) is 10.1 Å². The van der Waals surface area contributed by atoms with Gasteiger partial charge >= 0.3 is 5.97 Å². The summed E-state index contributed by atoms with van der Waals surface area (Å²) in [7, 11) is 0. The molecule has 0 unspecified atom stereocenters. The van der Waals surface area contributed by atoms with Crippen molar-refractivity contribution in [3.05, 3.63) is 41.6 Å². The summed E-state index contributed by atoms with van der Waals surface area (Å²) in [6.45, 7) is 1.64. The molecule has 0 saturated carbocycles. The number of carbonyl (C=O) groups is 1. The van der Waals surface area contributed by atoms with Crippen molar-refractivity contribution in [2.75, 3.05) is 5.73 Å². The Hall–Kier alpha value is -2.41. The minimum atomic E-state index is -1.04. The number of nitrogens with zero attached hydrogens (tertiary/aromatic N) is 2. The Morgan fingerprint density at radius 2 is 2.25 bits per heavy atom. The Balaban J connectivity index is 2.18. The zero-order valence-corrected chi connectivity index (χ0v) is 11.2. The summed E-state index contributed by atoms with van der Waals surface area (Å²) in [5, 5.41) is 9.18. The predicted molar refractivity (Wildman–Crippen MR) is 74.6 cm³/mol. The monoisotopic (exact) mass is 291 g/mol. The van der Waals surface area contributed by atoms with Crippen LogP contribution in [-0.4, -0.2) is 20.5 Å². The number of nitrogen functional groups attached to an aromatic ring is 1. The number of carboxylic acid groups (broad SMARTS) is 1. The molecular formula is C13H10FN3O2S. The first-order valence-electron chi connectivity index (χ1n) is 5.74. The number of rotatable bonds is 2. The van der Waals surface area contributed by atoms with Crippen LogP contribution in [0.3, 0.4) is 0 Å². The van der Waals surface area contributed by atoms with E-state index in [1.54, 1.807) is 19.2 Å². The van der Waals surface area contributed by atoms with Gasteiger partial charge in [-0.05, 0) is 24.6 Å². The first kappa shape index (κ1) is 12.6. The van der Waals surface area contributed by atoms with Crippen LogP contribution in [0.1, 0.15) is 16.2 Å². The van der Waals surface area contributed by atoms with Crippen LogP contribution in [0.25, 0.3) is 15.4 Å². The van der Waals surface area contributed by atoms with Gasteiger partial charge in [-0.1, -0.05) is 17.4 Å². The third kappa shape index (κ3) is 1.83. The average molecular weight is 291 g/mol. The molecule has 7 heteroatoms. The number of carboxylic acids is 1.